The molecule has 1 aromatic carbocycles. The van der Waals surface area contributed by atoms with Crippen molar-refractivity contribution in [2.75, 3.05) is 46.5 Å². The van der Waals surface area contributed by atoms with E-state index in [4.69, 9.17) is 25.5 Å². The molecule has 1 unspecified atom stereocenters. The van der Waals surface area contributed by atoms with Crippen LogP contribution >= 0.6 is 11.6 Å². The molecule has 2 saturated heterocycles. The third kappa shape index (κ3) is 4.14. The van der Waals surface area contributed by atoms with Crippen molar-refractivity contribution < 1.29 is 18.7 Å². The monoisotopic (exact) mass is 406 g/mol. The molecule has 1 aromatic heterocycles. The van der Waals surface area contributed by atoms with Gasteiger partial charge in [0.05, 0.1) is 20.3 Å². The Morgan fingerprint density at radius 3 is 2.82 bits per heavy atom. The Morgan fingerprint density at radius 2 is 2.04 bits per heavy atom. The molecule has 0 bridgehead atoms. The molecule has 1 atom stereocenters. The Kier molecular flexibility index (Phi) is 6.09. The molecule has 2 aromatic rings. The predicted octanol–water partition coefficient (Wildman–Crippen LogP) is 3.81. The quantitative estimate of drug-likeness (QED) is 0.755. The van der Waals surface area contributed by atoms with Gasteiger partial charge in [0.25, 0.3) is 5.91 Å². The van der Waals surface area contributed by atoms with E-state index < -0.39 is 0 Å². The highest BCUT2D eigenvalue weighted by atomic mass is 35.5. The Bertz CT molecular complexity index is 831. The smallest absolute Gasteiger partial charge is 0.289 e. The highest BCUT2D eigenvalue weighted by Gasteiger charge is 2.30. The number of amides is 1. The molecule has 1 amide bonds. The van der Waals surface area contributed by atoms with Crippen LogP contribution in [0.1, 0.15) is 36.2 Å². The number of halogens is 1. The lowest BCUT2D eigenvalue weighted by Gasteiger charge is -2.37. The first-order chi connectivity index (χ1) is 13.7. The van der Waals surface area contributed by atoms with Crippen LogP contribution in [0, 0.1) is 0 Å². The molecular formula is C21H27ClN2O4. The van der Waals surface area contributed by atoms with E-state index in [9.17, 15) is 4.79 Å². The molecule has 4 rings (SSSR count). The maximum atomic E-state index is 13.2. The van der Waals surface area contributed by atoms with E-state index in [2.05, 4.69) is 4.90 Å². The fourth-order valence-corrected chi connectivity index (χ4v) is 4.43. The van der Waals surface area contributed by atoms with Crippen LogP contribution in [0.3, 0.4) is 0 Å². The van der Waals surface area contributed by atoms with Gasteiger partial charge in [-0.25, -0.2) is 0 Å². The molecule has 2 aliphatic rings. The predicted molar refractivity (Wildman–Crippen MR) is 108 cm³/mol. The molecule has 3 heterocycles. The number of fused-ring (bicyclic) bond motifs is 1. The van der Waals surface area contributed by atoms with Crippen molar-refractivity contribution in [2.24, 2.45) is 0 Å². The summed E-state index contributed by atoms with van der Waals surface area (Å²) in [5.74, 6) is 0.860. The van der Waals surface area contributed by atoms with E-state index >= 15 is 0 Å². The Hall–Kier alpha value is -1.76. The van der Waals surface area contributed by atoms with Gasteiger partial charge in [-0.2, -0.15) is 0 Å². The van der Waals surface area contributed by atoms with Crippen molar-refractivity contribution >= 4 is 28.5 Å². The molecular weight excluding hydrogens is 380 g/mol. The molecule has 0 aliphatic carbocycles. The summed E-state index contributed by atoms with van der Waals surface area (Å²) in [5.41, 5.74) is 0.567. The highest BCUT2D eigenvalue weighted by Crippen LogP contribution is 2.33. The molecule has 7 heteroatoms. The minimum absolute atomic E-state index is 0.0407. The zero-order valence-electron chi connectivity index (χ0n) is 16.3. The van der Waals surface area contributed by atoms with Crippen molar-refractivity contribution in [1.82, 2.24) is 9.80 Å². The standard InChI is InChI=1S/C21H27ClN2O4/c1-26-18-14-16(22)12-15-13-19(28-20(15)18)21(25)24-6-3-2-4-17(24)5-7-23-8-10-27-11-9-23/h12-14,17H,2-11H2,1H3. The van der Waals surface area contributed by atoms with Gasteiger partial charge in [-0.05, 0) is 37.8 Å². The highest BCUT2D eigenvalue weighted by molar-refractivity contribution is 6.31. The summed E-state index contributed by atoms with van der Waals surface area (Å²) in [6.45, 7) is 5.34. The van der Waals surface area contributed by atoms with E-state index in [-0.39, 0.29) is 11.9 Å². The van der Waals surface area contributed by atoms with Gasteiger partial charge in [0, 0.05) is 48.7 Å². The summed E-state index contributed by atoms with van der Waals surface area (Å²) in [4.78, 5) is 17.7. The van der Waals surface area contributed by atoms with E-state index in [0.717, 1.165) is 64.0 Å². The van der Waals surface area contributed by atoms with E-state index in [1.54, 1.807) is 25.3 Å². The van der Waals surface area contributed by atoms with Gasteiger partial charge >= 0.3 is 0 Å². The number of rotatable bonds is 5. The molecule has 28 heavy (non-hydrogen) atoms. The van der Waals surface area contributed by atoms with Crippen LogP contribution in [0.4, 0.5) is 0 Å². The molecule has 0 radical (unpaired) electrons. The van der Waals surface area contributed by atoms with Gasteiger partial charge in [0.15, 0.2) is 17.1 Å². The number of carbonyl (C=O) groups excluding carboxylic acids is 1. The zero-order chi connectivity index (χ0) is 19.5. The largest absolute Gasteiger partial charge is 0.493 e. The van der Waals surface area contributed by atoms with E-state index in [1.807, 2.05) is 4.90 Å². The Morgan fingerprint density at radius 1 is 1.21 bits per heavy atom. The Balaban J connectivity index is 1.50. The number of ether oxygens (including phenoxy) is 2. The third-order valence-electron chi connectivity index (χ3n) is 5.75. The van der Waals surface area contributed by atoms with Crippen LogP contribution in [0.25, 0.3) is 11.0 Å². The van der Waals surface area contributed by atoms with Crippen molar-refractivity contribution in [1.29, 1.82) is 0 Å². The van der Waals surface area contributed by atoms with Crippen molar-refractivity contribution in [3.8, 4) is 5.75 Å². The maximum Gasteiger partial charge on any atom is 0.289 e. The first kappa shape index (κ1) is 19.6. The number of likely N-dealkylation sites (tertiary alicyclic amines) is 1. The molecule has 152 valence electrons. The van der Waals surface area contributed by atoms with Crippen molar-refractivity contribution in [3.63, 3.8) is 0 Å². The van der Waals surface area contributed by atoms with Gasteiger partial charge in [0.2, 0.25) is 0 Å². The topological polar surface area (TPSA) is 55.2 Å². The number of nitrogens with zero attached hydrogens (tertiary/aromatic N) is 2. The van der Waals surface area contributed by atoms with Gasteiger partial charge in [-0.15, -0.1) is 0 Å². The molecule has 6 nitrogen and oxygen atoms in total. The lowest BCUT2D eigenvalue weighted by Crippen LogP contribution is -2.46. The summed E-state index contributed by atoms with van der Waals surface area (Å²) in [6, 6.07) is 5.53. The summed E-state index contributed by atoms with van der Waals surface area (Å²) in [5, 5.41) is 1.35. The van der Waals surface area contributed by atoms with Gasteiger partial charge in [-0.1, -0.05) is 11.6 Å². The number of morpholine rings is 1. The molecule has 2 aliphatic heterocycles. The number of piperidine rings is 1. The molecule has 2 fully saturated rings. The molecule has 0 N–H and O–H groups in total. The first-order valence-electron chi connectivity index (χ1n) is 10.0. The van der Waals surface area contributed by atoms with Crippen LogP contribution < -0.4 is 4.74 Å². The number of benzene rings is 1. The Labute approximate surface area is 170 Å². The molecule has 0 spiro atoms. The summed E-state index contributed by atoms with van der Waals surface area (Å²) in [7, 11) is 1.57. The second kappa shape index (κ2) is 8.72. The third-order valence-corrected chi connectivity index (χ3v) is 5.97. The van der Waals surface area contributed by atoms with E-state index in [1.165, 1.54) is 6.42 Å². The number of hydrogen-bond donors (Lipinski definition) is 0. The van der Waals surface area contributed by atoms with Gasteiger partial charge < -0.3 is 18.8 Å². The minimum atomic E-state index is -0.0407. The van der Waals surface area contributed by atoms with Crippen LogP contribution in [-0.4, -0.2) is 68.3 Å². The summed E-state index contributed by atoms with van der Waals surface area (Å²) < 4.78 is 16.7. The lowest BCUT2D eigenvalue weighted by molar-refractivity contribution is 0.0290. The second-order valence-electron chi connectivity index (χ2n) is 7.53. The average Bonchev–Trinajstić information content (AvgIpc) is 3.16. The first-order valence-corrected chi connectivity index (χ1v) is 10.4. The van der Waals surface area contributed by atoms with E-state index in [0.29, 0.717) is 22.1 Å². The SMILES string of the molecule is COc1cc(Cl)cc2cc(C(=O)N3CCCCC3CCN3CCOCC3)oc12. The number of carbonyl (C=O) groups is 1. The number of methoxy groups -OCH3 is 1. The normalized spacial score (nSPS) is 21.2. The lowest BCUT2D eigenvalue weighted by atomic mass is 9.98. The maximum absolute atomic E-state index is 13.2. The number of furan rings is 1. The molecule has 0 saturated carbocycles. The van der Waals surface area contributed by atoms with Crippen LogP contribution in [0.2, 0.25) is 5.02 Å². The second-order valence-corrected chi connectivity index (χ2v) is 7.96. The van der Waals surface area contributed by atoms with Gasteiger partial charge in [-0.3, -0.25) is 9.69 Å². The van der Waals surface area contributed by atoms with Crippen LogP contribution in [-0.2, 0) is 4.74 Å². The van der Waals surface area contributed by atoms with Crippen LogP contribution in [0.5, 0.6) is 5.75 Å². The fraction of sp³-hybridized carbons (Fsp3) is 0.571. The van der Waals surface area contributed by atoms with Crippen LogP contribution in [0.15, 0.2) is 22.6 Å². The van der Waals surface area contributed by atoms with Gasteiger partial charge in [0.1, 0.15) is 0 Å². The zero-order valence-corrected chi connectivity index (χ0v) is 17.0. The average molecular weight is 407 g/mol. The minimum Gasteiger partial charge on any atom is -0.493 e. The summed E-state index contributed by atoms with van der Waals surface area (Å²) in [6.07, 6.45) is 4.24. The summed E-state index contributed by atoms with van der Waals surface area (Å²) >= 11 is 6.15. The number of hydrogen-bond acceptors (Lipinski definition) is 5. The fourth-order valence-electron chi connectivity index (χ4n) is 4.21. The van der Waals surface area contributed by atoms with Crippen molar-refractivity contribution in [2.45, 2.75) is 31.7 Å². The van der Waals surface area contributed by atoms with Crippen molar-refractivity contribution in [3.05, 3.63) is 29.0 Å².